The Morgan fingerprint density at radius 2 is 1.94 bits per heavy atom. The highest BCUT2D eigenvalue weighted by Gasteiger charge is 2.03. The molecule has 0 spiro atoms. The lowest BCUT2D eigenvalue weighted by Crippen LogP contribution is -1.99. The van der Waals surface area contributed by atoms with Crippen LogP contribution >= 0.6 is 0 Å². The first-order valence-electron chi connectivity index (χ1n) is 4.82. The number of nitrogens with zero attached hydrogens (tertiary/aromatic N) is 2. The third-order valence-corrected chi connectivity index (χ3v) is 2.18. The minimum Gasteiger partial charge on any atom is -0.481 e. The molecule has 0 aliphatic carbocycles. The van der Waals surface area contributed by atoms with Crippen LogP contribution < -0.4 is 0 Å². The Kier molecular flexibility index (Phi) is 2.91. The van der Waals surface area contributed by atoms with Crippen LogP contribution in [0.2, 0.25) is 0 Å². The molecule has 2 rings (SSSR count). The summed E-state index contributed by atoms with van der Waals surface area (Å²) in [6.07, 6.45) is 4.89. The van der Waals surface area contributed by atoms with Crippen molar-refractivity contribution in [2.45, 2.75) is 6.42 Å². The maximum atomic E-state index is 10.6. The molecule has 16 heavy (non-hydrogen) atoms. The Balaban J connectivity index is 2.33. The van der Waals surface area contributed by atoms with Crippen LogP contribution in [-0.4, -0.2) is 21.0 Å². The van der Waals surface area contributed by atoms with Crippen molar-refractivity contribution >= 4 is 5.97 Å². The van der Waals surface area contributed by atoms with Crippen LogP contribution in [0.1, 0.15) is 5.56 Å². The lowest BCUT2D eigenvalue weighted by atomic mass is 10.0. The zero-order valence-electron chi connectivity index (χ0n) is 8.50. The van der Waals surface area contributed by atoms with Gasteiger partial charge in [0.05, 0.1) is 6.42 Å². The normalized spacial score (nSPS) is 10.0. The molecule has 1 aromatic carbocycles. The molecule has 2 aromatic rings. The summed E-state index contributed by atoms with van der Waals surface area (Å²) < 4.78 is 0. The molecule has 4 nitrogen and oxygen atoms in total. The number of carboxylic acids is 1. The average Bonchev–Trinajstić information content (AvgIpc) is 2.30. The summed E-state index contributed by atoms with van der Waals surface area (Å²) >= 11 is 0. The number of benzene rings is 1. The van der Waals surface area contributed by atoms with Gasteiger partial charge in [-0.2, -0.15) is 0 Å². The van der Waals surface area contributed by atoms with Crippen molar-refractivity contribution in [1.82, 2.24) is 9.97 Å². The average molecular weight is 214 g/mol. The van der Waals surface area contributed by atoms with Crippen molar-refractivity contribution in [1.29, 1.82) is 0 Å². The Labute approximate surface area is 92.6 Å². The van der Waals surface area contributed by atoms with Gasteiger partial charge in [-0.1, -0.05) is 24.3 Å². The molecule has 0 saturated heterocycles. The molecule has 1 heterocycles. The van der Waals surface area contributed by atoms with Crippen LogP contribution in [0.25, 0.3) is 11.1 Å². The highest BCUT2D eigenvalue weighted by Crippen LogP contribution is 2.18. The number of carboxylic acid groups (broad SMARTS) is 1. The monoisotopic (exact) mass is 214 g/mol. The van der Waals surface area contributed by atoms with Crippen molar-refractivity contribution in [2.75, 3.05) is 0 Å². The van der Waals surface area contributed by atoms with E-state index in [2.05, 4.69) is 9.97 Å². The predicted octanol–water partition coefficient (Wildman–Crippen LogP) is 1.77. The first kappa shape index (κ1) is 10.3. The van der Waals surface area contributed by atoms with E-state index in [1.165, 1.54) is 6.33 Å². The zero-order valence-corrected chi connectivity index (χ0v) is 8.50. The Hall–Kier alpha value is -2.23. The number of hydrogen-bond acceptors (Lipinski definition) is 3. The molecule has 0 fully saturated rings. The van der Waals surface area contributed by atoms with Crippen molar-refractivity contribution < 1.29 is 9.90 Å². The summed E-state index contributed by atoms with van der Waals surface area (Å²) in [5.41, 5.74) is 2.59. The quantitative estimate of drug-likeness (QED) is 0.845. The van der Waals surface area contributed by atoms with E-state index < -0.39 is 5.97 Å². The van der Waals surface area contributed by atoms with Crippen LogP contribution in [0.3, 0.4) is 0 Å². The SMILES string of the molecule is O=C(O)Cc1cccc(-c2cncnc2)c1. The highest BCUT2D eigenvalue weighted by atomic mass is 16.4. The van der Waals surface area contributed by atoms with Gasteiger partial charge in [0.2, 0.25) is 0 Å². The van der Waals surface area contributed by atoms with Crippen LogP contribution in [0, 0.1) is 0 Å². The summed E-state index contributed by atoms with van der Waals surface area (Å²) in [5.74, 6) is -0.832. The fourth-order valence-corrected chi connectivity index (χ4v) is 1.48. The van der Waals surface area contributed by atoms with Crippen LogP contribution in [0.4, 0.5) is 0 Å². The molecule has 1 aromatic heterocycles. The fourth-order valence-electron chi connectivity index (χ4n) is 1.48. The second kappa shape index (κ2) is 4.53. The van der Waals surface area contributed by atoms with E-state index in [1.807, 2.05) is 18.2 Å². The molecule has 0 radical (unpaired) electrons. The highest BCUT2D eigenvalue weighted by molar-refractivity contribution is 5.71. The first-order valence-corrected chi connectivity index (χ1v) is 4.82. The number of aliphatic carboxylic acids is 1. The van der Waals surface area contributed by atoms with Gasteiger partial charge in [0.15, 0.2) is 0 Å². The number of aromatic nitrogens is 2. The molecule has 0 aliphatic heterocycles. The molecule has 80 valence electrons. The van der Waals surface area contributed by atoms with E-state index in [0.29, 0.717) is 0 Å². The summed E-state index contributed by atoms with van der Waals surface area (Å²) in [5, 5.41) is 8.70. The maximum absolute atomic E-state index is 10.6. The molecule has 4 heteroatoms. The molecule has 1 N–H and O–H groups in total. The predicted molar refractivity (Wildman–Crippen MR) is 58.8 cm³/mol. The second-order valence-electron chi connectivity index (χ2n) is 3.40. The Morgan fingerprint density at radius 1 is 1.19 bits per heavy atom. The number of carbonyl (C=O) groups is 1. The fraction of sp³-hybridized carbons (Fsp3) is 0.0833. The van der Waals surface area contributed by atoms with E-state index in [0.717, 1.165) is 16.7 Å². The van der Waals surface area contributed by atoms with Gasteiger partial charge in [-0.3, -0.25) is 4.79 Å². The van der Waals surface area contributed by atoms with E-state index in [9.17, 15) is 4.79 Å². The lowest BCUT2D eigenvalue weighted by Gasteiger charge is -2.02. The van der Waals surface area contributed by atoms with E-state index in [1.54, 1.807) is 18.5 Å². The molecule has 0 aliphatic rings. The Bertz CT molecular complexity index is 497. The first-order chi connectivity index (χ1) is 7.75. The summed E-state index contributed by atoms with van der Waals surface area (Å²) in [7, 11) is 0. The maximum Gasteiger partial charge on any atom is 0.307 e. The molecule has 0 saturated carbocycles. The summed E-state index contributed by atoms with van der Waals surface area (Å²) in [6.45, 7) is 0. The second-order valence-corrected chi connectivity index (χ2v) is 3.40. The van der Waals surface area contributed by atoms with Gasteiger partial charge in [0, 0.05) is 18.0 Å². The van der Waals surface area contributed by atoms with Gasteiger partial charge in [-0.05, 0) is 11.1 Å². The summed E-state index contributed by atoms with van der Waals surface area (Å²) in [4.78, 5) is 18.4. The number of hydrogen-bond donors (Lipinski definition) is 1. The van der Waals surface area contributed by atoms with Gasteiger partial charge < -0.3 is 5.11 Å². The topological polar surface area (TPSA) is 63.1 Å². The van der Waals surface area contributed by atoms with Gasteiger partial charge in [0.1, 0.15) is 6.33 Å². The van der Waals surface area contributed by atoms with Crippen molar-refractivity contribution in [2.24, 2.45) is 0 Å². The standard InChI is InChI=1S/C12H10N2O2/c15-12(16)5-9-2-1-3-10(4-9)11-6-13-8-14-7-11/h1-4,6-8H,5H2,(H,15,16). The van der Waals surface area contributed by atoms with E-state index in [-0.39, 0.29) is 6.42 Å². The van der Waals surface area contributed by atoms with Gasteiger partial charge in [-0.25, -0.2) is 9.97 Å². The van der Waals surface area contributed by atoms with Crippen LogP contribution in [0.5, 0.6) is 0 Å². The lowest BCUT2D eigenvalue weighted by molar-refractivity contribution is -0.136. The minimum absolute atomic E-state index is 0.0293. The molecular formula is C12H10N2O2. The van der Waals surface area contributed by atoms with Gasteiger partial charge >= 0.3 is 5.97 Å². The van der Waals surface area contributed by atoms with Crippen LogP contribution in [-0.2, 0) is 11.2 Å². The van der Waals surface area contributed by atoms with Crippen LogP contribution in [0.15, 0.2) is 43.0 Å². The molecule has 0 bridgehead atoms. The molecule has 0 atom stereocenters. The third kappa shape index (κ3) is 2.42. The van der Waals surface area contributed by atoms with E-state index >= 15 is 0 Å². The largest absolute Gasteiger partial charge is 0.481 e. The van der Waals surface area contributed by atoms with Crippen molar-refractivity contribution in [3.8, 4) is 11.1 Å². The smallest absolute Gasteiger partial charge is 0.307 e. The third-order valence-electron chi connectivity index (χ3n) is 2.18. The summed E-state index contributed by atoms with van der Waals surface area (Å²) in [6, 6.07) is 7.37. The zero-order chi connectivity index (χ0) is 11.4. The Morgan fingerprint density at radius 3 is 2.62 bits per heavy atom. The molecule has 0 unspecified atom stereocenters. The van der Waals surface area contributed by atoms with Gasteiger partial charge in [-0.15, -0.1) is 0 Å². The van der Waals surface area contributed by atoms with Crippen molar-refractivity contribution in [3.05, 3.63) is 48.5 Å². The molecular weight excluding hydrogens is 204 g/mol. The number of rotatable bonds is 3. The van der Waals surface area contributed by atoms with Gasteiger partial charge in [0.25, 0.3) is 0 Å². The van der Waals surface area contributed by atoms with Crippen molar-refractivity contribution in [3.63, 3.8) is 0 Å². The molecule has 0 amide bonds. The minimum atomic E-state index is -0.832. The van der Waals surface area contributed by atoms with E-state index in [4.69, 9.17) is 5.11 Å².